The fourth-order valence-electron chi connectivity index (χ4n) is 3.47. The van der Waals surface area contributed by atoms with Crippen LogP contribution < -0.4 is 14.8 Å². The summed E-state index contributed by atoms with van der Waals surface area (Å²) in [4.78, 5) is 12.6. The summed E-state index contributed by atoms with van der Waals surface area (Å²) in [7, 11) is 0. The van der Waals surface area contributed by atoms with Crippen LogP contribution in [0.4, 0.5) is 10.1 Å². The van der Waals surface area contributed by atoms with E-state index in [1.54, 1.807) is 23.7 Å². The maximum atomic E-state index is 13.4. The molecule has 2 aliphatic rings. The molecule has 1 atom stereocenters. The Hall–Kier alpha value is -3.39. The number of aromatic nitrogens is 2. The fourth-order valence-corrected chi connectivity index (χ4v) is 3.47. The Labute approximate surface area is 166 Å². The Bertz CT molecular complexity index is 1110. The van der Waals surface area contributed by atoms with Crippen LogP contribution >= 0.6 is 0 Å². The number of nitrogens with zero attached hydrogens (tertiary/aromatic N) is 2. The largest absolute Gasteiger partial charge is 0.454 e. The van der Waals surface area contributed by atoms with Gasteiger partial charge in [0.05, 0.1) is 18.8 Å². The molecule has 0 saturated carbocycles. The number of anilines is 1. The van der Waals surface area contributed by atoms with E-state index in [1.807, 2.05) is 18.2 Å². The van der Waals surface area contributed by atoms with E-state index < -0.39 is 0 Å². The predicted octanol–water partition coefficient (Wildman–Crippen LogP) is 3.58. The monoisotopic (exact) mass is 395 g/mol. The Morgan fingerprint density at radius 2 is 2.03 bits per heavy atom. The fraction of sp³-hybridized carbons (Fsp3) is 0.238. The van der Waals surface area contributed by atoms with Gasteiger partial charge in [-0.1, -0.05) is 6.07 Å². The van der Waals surface area contributed by atoms with Crippen molar-refractivity contribution in [3.63, 3.8) is 0 Å². The molecule has 1 N–H and O–H groups in total. The first-order valence-corrected chi connectivity index (χ1v) is 9.22. The lowest BCUT2D eigenvalue weighted by molar-refractivity contribution is -0.00127. The summed E-state index contributed by atoms with van der Waals surface area (Å²) in [5, 5.41) is 7.18. The SMILES string of the molecule is Cc1cc(NC(=O)c2cc3n(n2)C[C@@H](c2ccc4c(c2)OCO4)OC3)ccc1F. The van der Waals surface area contributed by atoms with Crippen molar-refractivity contribution in [1.82, 2.24) is 9.78 Å². The zero-order valence-electron chi connectivity index (χ0n) is 15.6. The molecule has 2 aliphatic heterocycles. The molecule has 0 aliphatic carbocycles. The molecule has 0 radical (unpaired) electrons. The zero-order chi connectivity index (χ0) is 20.0. The molecule has 0 spiro atoms. The van der Waals surface area contributed by atoms with Gasteiger partial charge in [-0.15, -0.1) is 0 Å². The van der Waals surface area contributed by atoms with Gasteiger partial charge in [0.2, 0.25) is 6.79 Å². The third-order valence-electron chi connectivity index (χ3n) is 5.05. The summed E-state index contributed by atoms with van der Waals surface area (Å²) in [5.41, 5.74) is 3.06. The van der Waals surface area contributed by atoms with Crippen LogP contribution in [0.25, 0.3) is 0 Å². The molecule has 3 heterocycles. The van der Waals surface area contributed by atoms with E-state index in [9.17, 15) is 9.18 Å². The number of hydrogen-bond donors (Lipinski definition) is 1. The summed E-state index contributed by atoms with van der Waals surface area (Å²) >= 11 is 0. The normalized spacial score (nSPS) is 17.1. The number of halogens is 1. The molecule has 1 aromatic heterocycles. The van der Waals surface area contributed by atoms with Crippen LogP contribution in [-0.2, 0) is 17.9 Å². The second-order valence-corrected chi connectivity index (χ2v) is 7.03. The maximum absolute atomic E-state index is 13.4. The van der Waals surface area contributed by atoms with Crippen molar-refractivity contribution in [3.05, 3.63) is 70.8 Å². The van der Waals surface area contributed by atoms with Crippen molar-refractivity contribution < 1.29 is 23.4 Å². The Kier molecular flexibility index (Phi) is 4.21. The summed E-state index contributed by atoms with van der Waals surface area (Å²) in [5.74, 6) is 0.760. The lowest BCUT2D eigenvalue weighted by Crippen LogP contribution is -2.22. The van der Waals surface area contributed by atoms with E-state index >= 15 is 0 Å². The molecule has 5 rings (SSSR count). The van der Waals surface area contributed by atoms with Crippen molar-refractivity contribution in [1.29, 1.82) is 0 Å². The topological polar surface area (TPSA) is 74.6 Å². The summed E-state index contributed by atoms with van der Waals surface area (Å²) in [6, 6.07) is 11.9. The number of amides is 1. The van der Waals surface area contributed by atoms with Gasteiger partial charge in [-0.05, 0) is 54.4 Å². The molecule has 0 saturated heterocycles. The van der Waals surface area contributed by atoms with E-state index in [2.05, 4.69) is 10.4 Å². The first-order chi connectivity index (χ1) is 14.1. The molecule has 3 aromatic rings. The van der Waals surface area contributed by atoms with Crippen molar-refractivity contribution >= 4 is 11.6 Å². The smallest absolute Gasteiger partial charge is 0.276 e. The number of rotatable bonds is 3. The van der Waals surface area contributed by atoms with Crippen molar-refractivity contribution in [2.24, 2.45) is 0 Å². The Morgan fingerprint density at radius 1 is 1.17 bits per heavy atom. The predicted molar refractivity (Wildman–Crippen MR) is 101 cm³/mol. The Morgan fingerprint density at radius 3 is 2.90 bits per heavy atom. The second kappa shape index (κ2) is 6.89. The van der Waals surface area contributed by atoms with Crippen LogP contribution in [0.5, 0.6) is 11.5 Å². The van der Waals surface area contributed by atoms with Gasteiger partial charge < -0.3 is 19.5 Å². The average molecular weight is 395 g/mol. The van der Waals surface area contributed by atoms with Crippen LogP contribution in [0.3, 0.4) is 0 Å². The number of benzene rings is 2. The van der Waals surface area contributed by atoms with Crippen LogP contribution in [-0.4, -0.2) is 22.5 Å². The lowest BCUT2D eigenvalue weighted by Gasteiger charge is -2.24. The van der Waals surface area contributed by atoms with Gasteiger partial charge in [0, 0.05) is 5.69 Å². The van der Waals surface area contributed by atoms with E-state index in [0.29, 0.717) is 30.2 Å². The van der Waals surface area contributed by atoms with Gasteiger partial charge in [0.15, 0.2) is 17.2 Å². The number of hydrogen-bond acceptors (Lipinski definition) is 5. The number of carbonyl (C=O) groups is 1. The van der Waals surface area contributed by atoms with Gasteiger partial charge in [0.25, 0.3) is 5.91 Å². The third-order valence-corrected chi connectivity index (χ3v) is 5.05. The number of ether oxygens (including phenoxy) is 3. The lowest BCUT2D eigenvalue weighted by atomic mass is 10.1. The highest BCUT2D eigenvalue weighted by Crippen LogP contribution is 2.36. The van der Waals surface area contributed by atoms with E-state index in [1.165, 1.54) is 12.1 Å². The molecule has 29 heavy (non-hydrogen) atoms. The first-order valence-electron chi connectivity index (χ1n) is 9.22. The number of aryl methyl sites for hydroxylation is 1. The number of nitrogens with one attached hydrogen (secondary N) is 1. The van der Waals surface area contributed by atoms with E-state index in [-0.39, 0.29) is 30.3 Å². The van der Waals surface area contributed by atoms with Gasteiger partial charge in [-0.25, -0.2) is 4.39 Å². The van der Waals surface area contributed by atoms with Gasteiger partial charge >= 0.3 is 0 Å². The van der Waals surface area contributed by atoms with E-state index in [4.69, 9.17) is 14.2 Å². The van der Waals surface area contributed by atoms with Crippen LogP contribution in [0, 0.1) is 12.7 Å². The number of carbonyl (C=O) groups excluding carboxylic acids is 1. The van der Waals surface area contributed by atoms with Gasteiger partial charge in [-0.2, -0.15) is 5.10 Å². The molecule has 1 amide bonds. The average Bonchev–Trinajstić information content (AvgIpc) is 3.36. The first kappa shape index (κ1) is 17.7. The third kappa shape index (κ3) is 3.31. The molecule has 0 unspecified atom stereocenters. The summed E-state index contributed by atoms with van der Waals surface area (Å²) in [6.07, 6.45) is -0.201. The molecule has 8 heteroatoms. The molecule has 0 fully saturated rings. The van der Waals surface area contributed by atoms with E-state index in [0.717, 1.165) is 17.0 Å². The highest BCUT2D eigenvalue weighted by Gasteiger charge is 2.26. The molecular formula is C21H18FN3O4. The number of fused-ring (bicyclic) bond motifs is 2. The summed E-state index contributed by atoms with van der Waals surface area (Å²) < 4.78 is 31.9. The highest BCUT2D eigenvalue weighted by molar-refractivity contribution is 6.02. The molecule has 2 aromatic carbocycles. The zero-order valence-corrected chi connectivity index (χ0v) is 15.6. The molecule has 7 nitrogen and oxygen atoms in total. The van der Waals surface area contributed by atoms with Crippen LogP contribution in [0.15, 0.2) is 42.5 Å². The standard InChI is InChI=1S/C21H18FN3O4/c1-12-6-14(3-4-16(12)22)23-21(26)17-8-15-10-27-20(9-25(15)24-17)13-2-5-18-19(7-13)29-11-28-18/h2-8,20H,9-11H2,1H3,(H,23,26)/t20-/m0/s1. The highest BCUT2D eigenvalue weighted by atomic mass is 19.1. The molecule has 0 bridgehead atoms. The minimum Gasteiger partial charge on any atom is -0.454 e. The van der Waals surface area contributed by atoms with Crippen molar-refractivity contribution in [2.45, 2.75) is 26.2 Å². The maximum Gasteiger partial charge on any atom is 0.276 e. The van der Waals surface area contributed by atoms with Gasteiger partial charge in [0.1, 0.15) is 11.9 Å². The van der Waals surface area contributed by atoms with Gasteiger partial charge in [-0.3, -0.25) is 9.48 Å². The van der Waals surface area contributed by atoms with Crippen molar-refractivity contribution in [2.75, 3.05) is 12.1 Å². The quantitative estimate of drug-likeness (QED) is 0.734. The van der Waals surface area contributed by atoms with Crippen LogP contribution in [0.1, 0.15) is 33.4 Å². The summed E-state index contributed by atoms with van der Waals surface area (Å²) in [6.45, 7) is 2.69. The minimum absolute atomic E-state index is 0.201. The molecular weight excluding hydrogens is 377 g/mol. The van der Waals surface area contributed by atoms with Crippen molar-refractivity contribution in [3.8, 4) is 11.5 Å². The second-order valence-electron chi connectivity index (χ2n) is 7.03. The van der Waals surface area contributed by atoms with Crippen LogP contribution in [0.2, 0.25) is 0 Å². The minimum atomic E-state index is -0.350. The molecule has 148 valence electrons. The Balaban J connectivity index is 1.32.